The van der Waals surface area contributed by atoms with Crippen molar-refractivity contribution in [1.29, 1.82) is 0 Å². The summed E-state index contributed by atoms with van der Waals surface area (Å²) in [6.45, 7) is 7.93. The highest BCUT2D eigenvalue weighted by Gasteiger charge is 2.25. The number of nitrogens with zero attached hydrogens (tertiary/aromatic N) is 2. The molecule has 1 aromatic heterocycles. The maximum absolute atomic E-state index is 12.9. The Kier molecular flexibility index (Phi) is 9.92. The lowest BCUT2D eigenvalue weighted by Crippen LogP contribution is -2.38. The van der Waals surface area contributed by atoms with Gasteiger partial charge >= 0.3 is 0 Å². The number of hydrogen-bond acceptors (Lipinski definition) is 5. The van der Waals surface area contributed by atoms with Crippen LogP contribution in [0.2, 0.25) is 0 Å². The van der Waals surface area contributed by atoms with Gasteiger partial charge in [-0.05, 0) is 72.4 Å². The molecule has 1 N–H and O–H groups in total. The minimum absolute atomic E-state index is 0.0173. The first kappa shape index (κ1) is 25.9. The molecule has 33 heavy (non-hydrogen) atoms. The summed E-state index contributed by atoms with van der Waals surface area (Å²) in [6, 6.07) is 9.34. The monoisotopic (exact) mass is 491 g/mol. The van der Waals surface area contributed by atoms with Crippen molar-refractivity contribution in [3.8, 4) is 0 Å². The molecule has 1 saturated heterocycles. The van der Waals surface area contributed by atoms with Gasteiger partial charge in [-0.3, -0.25) is 9.69 Å². The Hall–Kier alpha value is -1.74. The van der Waals surface area contributed by atoms with E-state index in [1.54, 1.807) is 27.8 Å². The molecule has 0 aliphatic carbocycles. The van der Waals surface area contributed by atoms with Crippen molar-refractivity contribution < 1.29 is 13.2 Å². The van der Waals surface area contributed by atoms with Crippen molar-refractivity contribution in [2.45, 2.75) is 63.3 Å². The molecule has 1 unspecified atom stereocenters. The Morgan fingerprint density at radius 3 is 2.30 bits per heavy atom. The van der Waals surface area contributed by atoms with Crippen molar-refractivity contribution in [3.63, 3.8) is 0 Å². The van der Waals surface area contributed by atoms with E-state index in [1.807, 2.05) is 12.1 Å². The van der Waals surface area contributed by atoms with Gasteiger partial charge in [0, 0.05) is 26.1 Å². The number of amides is 1. The van der Waals surface area contributed by atoms with Gasteiger partial charge in [-0.2, -0.15) is 15.6 Å². The van der Waals surface area contributed by atoms with E-state index in [-0.39, 0.29) is 11.9 Å². The number of hydrogen-bond donors (Lipinski definition) is 1. The Bertz CT molecular complexity index is 947. The molecular formula is C25H37N3O3S2. The van der Waals surface area contributed by atoms with Gasteiger partial charge in [-0.1, -0.05) is 38.8 Å². The van der Waals surface area contributed by atoms with Gasteiger partial charge in [-0.15, -0.1) is 0 Å². The standard InChI is InChI=1S/C25H37N3O3S2/c1-3-27(4-2)24(22-15-18-32-20-22)19-26-25(29)14-11-21-9-12-23(13-10-21)33(30,31)28-16-7-5-6-8-17-28/h9-10,12-13,15,18,20,24H,3-8,11,14,16-17,19H2,1-2H3,(H,26,29). The molecule has 1 aliphatic rings. The molecule has 1 atom stereocenters. The Labute approximate surface area is 203 Å². The summed E-state index contributed by atoms with van der Waals surface area (Å²) in [5.74, 6) is 0.0173. The Morgan fingerprint density at radius 1 is 1.06 bits per heavy atom. The van der Waals surface area contributed by atoms with Gasteiger partial charge in [0.05, 0.1) is 10.9 Å². The highest BCUT2D eigenvalue weighted by molar-refractivity contribution is 7.89. The number of thiophene rings is 1. The number of likely N-dealkylation sites (N-methyl/N-ethyl adjacent to an activating group) is 1. The second-order valence-corrected chi connectivity index (χ2v) is 11.3. The summed E-state index contributed by atoms with van der Waals surface area (Å²) in [4.78, 5) is 15.2. The van der Waals surface area contributed by atoms with Crippen molar-refractivity contribution in [3.05, 3.63) is 52.2 Å². The summed E-state index contributed by atoms with van der Waals surface area (Å²) < 4.78 is 27.5. The second-order valence-electron chi connectivity index (χ2n) is 8.56. The smallest absolute Gasteiger partial charge is 0.243 e. The van der Waals surface area contributed by atoms with Crippen molar-refractivity contribution in [2.75, 3.05) is 32.7 Å². The van der Waals surface area contributed by atoms with E-state index in [4.69, 9.17) is 0 Å². The van der Waals surface area contributed by atoms with Crippen molar-refractivity contribution in [1.82, 2.24) is 14.5 Å². The van der Waals surface area contributed by atoms with E-state index in [0.717, 1.165) is 44.3 Å². The quantitative estimate of drug-likeness (QED) is 0.504. The number of rotatable bonds is 11. The number of carbonyl (C=O) groups excluding carboxylic acids is 1. The zero-order chi connectivity index (χ0) is 23.7. The number of nitrogens with one attached hydrogen (secondary N) is 1. The van der Waals surface area contributed by atoms with Crippen LogP contribution < -0.4 is 5.32 Å². The lowest BCUT2D eigenvalue weighted by molar-refractivity contribution is -0.121. The third-order valence-corrected chi connectivity index (χ3v) is 9.05. The van der Waals surface area contributed by atoms with Crippen LogP contribution in [-0.2, 0) is 21.2 Å². The molecular weight excluding hydrogens is 454 g/mol. The predicted molar refractivity (Wildman–Crippen MR) is 135 cm³/mol. The molecule has 2 aromatic rings. The third kappa shape index (κ3) is 7.12. The average Bonchev–Trinajstić information content (AvgIpc) is 3.21. The Balaban J connectivity index is 1.52. The van der Waals surface area contributed by atoms with Gasteiger partial charge in [0.2, 0.25) is 15.9 Å². The molecule has 0 saturated carbocycles. The third-order valence-electron chi connectivity index (χ3n) is 6.44. The molecule has 3 rings (SSSR count). The highest BCUT2D eigenvalue weighted by atomic mass is 32.2. The van der Waals surface area contributed by atoms with E-state index in [1.165, 1.54) is 5.56 Å². The van der Waals surface area contributed by atoms with Crippen LogP contribution in [0.15, 0.2) is 46.0 Å². The summed E-state index contributed by atoms with van der Waals surface area (Å²) in [5.41, 5.74) is 2.21. The SMILES string of the molecule is CCN(CC)C(CNC(=O)CCc1ccc(S(=O)(=O)N2CCCCCC2)cc1)c1ccsc1. The number of sulfonamides is 1. The minimum atomic E-state index is -3.44. The second kappa shape index (κ2) is 12.6. The van der Waals surface area contributed by atoms with E-state index >= 15 is 0 Å². The zero-order valence-electron chi connectivity index (χ0n) is 19.8. The van der Waals surface area contributed by atoms with Gasteiger partial charge < -0.3 is 5.32 Å². The van der Waals surface area contributed by atoms with Crippen LogP contribution in [0.3, 0.4) is 0 Å². The largest absolute Gasteiger partial charge is 0.354 e. The van der Waals surface area contributed by atoms with Gasteiger partial charge in [0.25, 0.3) is 0 Å². The average molecular weight is 492 g/mol. The lowest BCUT2D eigenvalue weighted by atomic mass is 10.1. The van der Waals surface area contributed by atoms with E-state index in [9.17, 15) is 13.2 Å². The molecule has 8 heteroatoms. The minimum Gasteiger partial charge on any atom is -0.354 e. The molecule has 182 valence electrons. The fourth-order valence-electron chi connectivity index (χ4n) is 4.40. The summed E-state index contributed by atoms with van der Waals surface area (Å²) in [6.07, 6.45) is 5.00. The molecule has 6 nitrogen and oxygen atoms in total. The van der Waals surface area contributed by atoms with Crippen molar-refractivity contribution in [2.24, 2.45) is 0 Å². The number of benzene rings is 1. The van der Waals surface area contributed by atoms with E-state index in [2.05, 4.69) is 40.9 Å². The van der Waals surface area contributed by atoms with E-state index in [0.29, 0.717) is 37.4 Å². The van der Waals surface area contributed by atoms with Gasteiger partial charge in [0.15, 0.2) is 0 Å². The Morgan fingerprint density at radius 2 is 1.73 bits per heavy atom. The highest BCUT2D eigenvalue weighted by Crippen LogP contribution is 2.23. The maximum Gasteiger partial charge on any atom is 0.243 e. The van der Waals surface area contributed by atoms with Gasteiger partial charge in [-0.25, -0.2) is 8.42 Å². The first-order valence-electron chi connectivity index (χ1n) is 12.1. The van der Waals surface area contributed by atoms with E-state index < -0.39 is 10.0 Å². The molecule has 1 aromatic carbocycles. The first-order chi connectivity index (χ1) is 16.0. The normalized spacial score (nSPS) is 16.5. The van der Waals surface area contributed by atoms with Crippen LogP contribution in [0, 0.1) is 0 Å². The summed E-state index contributed by atoms with van der Waals surface area (Å²) in [5, 5.41) is 7.32. The molecule has 1 fully saturated rings. The molecule has 1 aliphatic heterocycles. The molecule has 0 bridgehead atoms. The molecule has 0 radical (unpaired) electrons. The first-order valence-corrected chi connectivity index (χ1v) is 14.5. The van der Waals surface area contributed by atoms with Crippen molar-refractivity contribution >= 4 is 27.3 Å². The van der Waals surface area contributed by atoms with Crippen LogP contribution >= 0.6 is 11.3 Å². The lowest BCUT2D eigenvalue weighted by Gasteiger charge is -2.29. The molecule has 1 amide bonds. The summed E-state index contributed by atoms with van der Waals surface area (Å²) >= 11 is 1.68. The van der Waals surface area contributed by atoms with Crippen LogP contribution in [0.4, 0.5) is 0 Å². The van der Waals surface area contributed by atoms with Crippen LogP contribution in [0.1, 0.15) is 63.1 Å². The van der Waals surface area contributed by atoms with Crippen LogP contribution in [-0.4, -0.2) is 56.3 Å². The zero-order valence-corrected chi connectivity index (χ0v) is 21.5. The molecule has 0 spiro atoms. The number of carbonyl (C=O) groups is 1. The fraction of sp³-hybridized carbons (Fsp3) is 0.560. The fourth-order valence-corrected chi connectivity index (χ4v) is 6.63. The van der Waals surface area contributed by atoms with Crippen LogP contribution in [0.25, 0.3) is 0 Å². The maximum atomic E-state index is 12.9. The molecule has 2 heterocycles. The van der Waals surface area contributed by atoms with Crippen LogP contribution in [0.5, 0.6) is 0 Å². The van der Waals surface area contributed by atoms with Gasteiger partial charge in [0.1, 0.15) is 0 Å². The summed E-state index contributed by atoms with van der Waals surface area (Å²) in [7, 11) is -3.44. The number of aryl methyl sites for hydroxylation is 1. The topological polar surface area (TPSA) is 69.7 Å². The predicted octanol–water partition coefficient (Wildman–Crippen LogP) is 4.44.